The maximum absolute atomic E-state index is 6.27. The normalized spacial score (nSPS) is 11.3. The van der Waals surface area contributed by atoms with Gasteiger partial charge in [0.1, 0.15) is 11.5 Å². The maximum Gasteiger partial charge on any atom is 0.128 e. The second kappa shape index (κ2) is 8.59. The summed E-state index contributed by atoms with van der Waals surface area (Å²) in [6, 6.07) is 37.3. The van der Waals surface area contributed by atoms with E-state index in [1.807, 2.05) is 60.8 Å². The molecule has 0 spiro atoms. The molecule has 0 aliphatic heterocycles. The van der Waals surface area contributed by atoms with Gasteiger partial charge in [0.05, 0.1) is 16.1 Å². The number of fused-ring (bicyclic) bond motifs is 4. The number of rotatable bonds is 4. The highest BCUT2D eigenvalue weighted by atomic mass is 32.1. The van der Waals surface area contributed by atoms with Crippen molar-refractivity contribution in [3.05, 3.63) is 122 Å². The van der Waals surface area contributed by atoms with Crippen molar-refractivity contribution in [2.24, 2.45) is 0 Å². The molecule has 36 heavy (non-hydrogen) atoms. The van der Waals surface area contributed by atoms with Crippen LogP contribution in [-0.2, 0) is 0 Å². The number of aromatic nitrogens is 2. The van der Waals surface area contributed by atoms with E-state index in [4.69, 9.17) is 9.72 Å². The van der Waals surface area contributed by atoms with E-state index in [1.165, 1.54) is 30.9 Å². The van der Waals surface area contributed by atoms with Crippen molar-refractivity contribution in [2.75, 3.05) is 0 Å². The van der Waals surface area contributed by atoms with E-state index in [1.54, 1.807) is 17.5 Å². The summed E-state index contributed by atoms with van der Waals surface area (Å²) in [5.41, 5.74) is 3.96. The monoisotopic (exact) mass is 480 g/mol. The molecule has 0 saturated carbocycles. The number of hydrogen-bond acceptors (Lipinski definition) is 4. The minimum absolute atomic E-state index is 0.773. The van der Waals surface area contributed by atoms with Gasteiger partial charge in [-0.25, -0.2) is 0 Å². The summed E-state index contributed by atoms with van der Waals surface area (Å²) in [6.45, 7) is 0. The molecule has 3 nitrogen and oxygen atoms in total. The average Bonchev–Trinajstić information content (AvgIpc) is 3.30. The Morgan fingerprint density at radius 1 is 0.556 bits per heavy atom. The molecule has 170 valence electrons. The predicted octanol–water partition coefficient (Wildman–Crippen LogP) is 9.12. The smallest absolute Gasteiger partial charge is 0.128 e. The zero-order valence-electron chi connectivity index (χ0n) is 19.3. The lowest BCUT2D eigenvalue weighted by Gasteiger charge is -2.09. The first-order chi connectivity index (χ1) is 17.8. The van der Waals surface area contributed by atoms with Crippen LogP contribution in [0.5, 0.6) is 11.5 Å². The molecular formula is C32H20N2OS. The Balaban J connectivity index is 1.28. The van der Waals surface area contributed by atoms with Crippen LogP contribution >= 0.6 is 11.3 Å². The summed E-state index contributed by atoms with van der Waals surface area (Å²) in [7, 11) is 0. The van der Waals surface area contributed by atoms with E-state index < -0.39 is 0 Å². The topological polar surface area (TPSA) is 35.0 Å². The van der Waals surface area contributed by atoms with Crippen molar-refractivity contribution in [2.45, 2.75) is 0 Å². The summed E-state index contributed by atoms with van der Waals surface area (Å²) in [5, 5.41) is 5.03. The van der Waals surface area contributed by atoms with Crippen LogP contribution in [-0.4, -0.2) is 9.97 Å². The number of benzene rings is 4. The Bertz CT molecular complexity index is 1870. The van der Waals surface area contributed by atoms with E-state index in [-0.39, 0.29) is 0 Å². The molecule has 3 heterocycles. The number of pyridine rings is 2. The van der Waals surface area contributed by atoms with Gasteiger partial charge < -0.3 is 4.74 Å². The van der Waals surface area contributed by atoms with E-state index in [0.29, 0.717) is 0 Å². The third-order valence-corrected chi connectivity index (χ3v) is 7.57. The van der Waals surface area contributed by atoms with Crippen molar-refractivity contribution < 1.29 is 4.74 Å². The number of ether oxygens (including phenoxy) is 1. The number of thiophene rings is 1. The largest absolute Gasteiger partial charge is 0.457 e. The Morgan fingerprint density at radius 2 is 1.31 bits per heavy atom. The Labute approximate surface area is 212 Å². The predicted molar refractivity (Wildman–Crippen MR) is 150 cm³/mol. The van der Waals surface area contributed by atoms with Gasteiger partial charge in [0, 0.05) is 39.0 Å². The van der Waals surface area contributed by atoms with E-state index in [9.17, 15) is 0 Å². The Morgan fingerprint density at radius 3 is 2.11 bits per heavy atom. The summed E-state index contributed by atoms with van der Waals surface area (Å²) >= 11 is 1.80. The molecule has 7 aromatic rings. The molecule has 0 bridgehead atoms. The quantitative estimate of drug-likeness (QED) is 0.252. The van der Waals surface area contributed by atoms with Crippen molar-refractivity contribution in [3.8, 4) is 34.0 Å². The highest BCUT2D eigenvalue weighted by Gasteiger charge is 2.13. The first kappa shape index (κ1) is 20.8. The van der Waals surface area contributed by atoms with Crippen LogP contribution in [0.4, 0.5) is 0 Å². The van der Waals surface area contributed by atoms with Crippen molar-refractivity contribution >= 4 is 42.3 Å². The first-order valence-corrected chi connectivity index (χ1v) is 12.6. The molecule has 0 aliphatic rings. The van der Waals surface area contributed by atoms with Crippen molar-refractivity contribution in [1.29, 1.82) is 0 Å². The molecule has 3 aromatic heterocycles. The van der Waals surface area contributed by atoms with Crippen molar-refractivity contribution in [3.63, 3.8) is 0 Å². The highest BCUT2D eigenvalue weighted by molar-refractivity contribution is 7.26. The van der Waals surface area contributed by atoms with Crippen LogP contribution in [0.3, 0.4) is 0 Å². The van der Waals surface area contributed by atoms with Gasteiger partial charge in [-0.1, -0.05) is 54.6 Å². The molecule has 0 amide bonds. The first-order valence-electron chi connectivity index (χ1n) is 11.8. The van der Waals surface area contributed by atoms with Crippen LogP contribution in [0.25, 0.3) is 53.5 Å². The zero-order chi connectivity index (χ0) is 23.9. The lowest BCUT2D eigenvalue weighted by Crippen LogP contribution is -1.88. The van der Waals surface area contributed by atoms with Crippen LogP contribution < -0.4 is 4.74 Å². The minimum atomic E-state index is 0.773. The highest BCUT2D eigenvalue weighted by Crippen LogP contribution is 2.41. The van der Waals surface area contributed by atoms with Crippen molar-refractivity contribution in [1.82, 2.24) is 9.97 Å². The molecule has 0 radical (unpaired) electrons. The van der Waals surface area contributed by atoms with Crippen LogP contribution in [0.1, 0.15) is 0 Å². The van der Waals surface area contributed by atoms with Crippen LogP contribution in [0.15, 0.2) is 122 Å². The summed E-state index contributed by atoms with van der Waals surface area (Å²) < 4.78 is 8.74. The molecule has 0 fully saturated rings. The Kier molecular flexibility index (Phi) is 4.97. The van der Waals surface area contributed by atoms with E-state index >= 15 is 0 Å². The molecule has 0 aliphatic carbocycles. The second-order valence-corrected chi connectivity index (χ2v) is 9.76. The van der Waals surface area contributed by atoms with Gasteiger partial charge in [0.2, 0.25) is 0 Å². The SMILES string of the molecule is c1ccc(-c2cccc(Oc3cccc(-c4nccc5c4sc4cc6ccccc6cc45)c3)c2)nc1. The van der Waals surface area contributed by atoms with Gasteiger partial charge in [0.15, 0.2) is 0 Å². The molecule has 7 rings (SSSR count). The fourth-order valence-corrected chi connectivity index (χ4v) is 5.93. The fourth-order valence-electron chi connectivity index (χ4n) is 4.69. The standard InChI is InChI=1S/C32H20N2OS/c1-2-8-22-20-30-28(19-21(22)7-1)27-14-16-34-31(32(27)36-30)24-10-6-12-26(18-24)35-25-11-5-9-23(17-25)29-13-3-4-15-33-29/h1-20H. The third-order valence-electron chi connectivity index (χ3n) is 6.39. The van der Waals surface area contributed by atoms with E-state index in [2.05, 4.69) is 59.6 Å². The van der Waals surface area contributed by atoms with Gasteiger partial charge in [-0.05, 0) is 65.4 Å². The molecule has 0 saturated heterocycles. The fraction of sp³-hybridized carbons (Fsp3) is 0. The van der Waals surface area contributed by atoms with Crippen LogP contribution in [0.2, 0.25) is 0 Å². The molecule has 4 aromatic carbocycles. The van der Waals surface area contributed by atoms with Gasteiger partial charge in [-0.3, -0.25) is 9.97 Å². The van der Waals surface area contributed by atoms with Gasteiger partial charge >= 0.3 is 0 Å². The zero-order valence-corrected chi connectivity index (χ0v) is 20.1. The molecule has 0 unspecified atom stereocenters. The summed E-state index contributed by atoms with van der Waals surface area (Å²) in [4.78, 5) is 9.24. The van der Waals surface area contributed by atoms with Gasteiger partial charge in [0.25, 0.3) is 0 Å². The number of hydrogen-bond donors (Lipinski definition) is 0. The maximum atomic E-state index is 6.27. The molecule has 0 atom stereocenters. The third kappa shape index (κ3) is 3.69. The Hall–Kier alpha value is -4.54. The average molecular weight is 481 g/mol. The summed E-state index contributed by atoms with van der Waals surface area (Å²) in [5.74, 6) is 1.55. The lowest BCUT2D eigenvalue weighted by molar-refractivity contribution is 0.483. The van der Waals surface area contributed by atoms with Gasteiger partial charge in [-0.2, -0.15) is 0 Å². The second-order valence-electron chi connectivity index (χ2n) is 8.71. The van der Waals surface area contributed by atoms with E-state index in [0.717, 1.165) is 34.0 Å². The van der Waals surface area contributed by atoms with Crippen LogP contribution in [0, 0.1) is 0 Å². The molecule has 4 heteroatoms. The lowest BCUT2D eigenvalue weighted by atomic mass is 10.0. The summed E-state index contributed by atoms with van der Waals surface area (Å²) in [6.07, 6.45) is 3.71. The number of nitrogens with zero attached hydrogens (tertiary/aromatic N) is 2. The van der Waals surface area contributed by atoms with Gasteiger partial charge in [-0.15, -0.1) is 11.3 Å². The molecule has 0 N–H and O–H groups in total. The molecular weight excluding hydrogens is 460 g/mol. The minimum Gasteiger partial charge on any atom is -0.457 e.